The molecule has 0 saturated carbocycles. The molecule has 1 aromatic carbocycles. The Kier molecular flexibility index (Phi) is 13.6. The number of hydrogen-bond donors (Lipinski definition) is 2. The van der Waals surface area contributed by atoms with Crippen molar-refractivity contribution in [2.75, 3.05) is 13.2 Å². The number of unbranched alkanes of at least 4 members (excludes halogenated alkanes) is 10. The maximum atomic E-state index is 11.5. The molecule has 0 atom stereocenters. The summed E-state index contributed by atoms with van der Waals surface area (Å²) in [6.45, 7) is 3.76. The van der Waals surface area contributed by atoms with E-state index in [-0.39, 0.29) is 17.2 Å². The molecule has 1 heterocycles. The molecule has 2 N–H and O–H groups in total. The molecule has 0 aromatic heterocycles. The zero-order valence-corrected chi connectivity index (χ0v) is 17.8. The molecular formula is C23H37NO5. The van der Waals surface area contributed by atoms with Crippen LogP contribution in [0.5, 0.6) is 5.75 Å². The fourth-order valence-electron chi connectivity index (χ4n) is 3.10. The highest BCUT2D eigenvalue weighted by Crippen LogP contribution is 2.15. The Morgan fingerprint density at radius 3 is 1.86 bits per heavy atom. The zero-order chi connectivity index (χ0) is 21.3. The van der Waals surface area contributed by atoms with Gasteiger partial charge in [-0.15, -0.1) is 0 Å². The van der Waals surface area contributed by atoms with Crippen LogP contribution < -0.4 is 0 Å². The summed E-state index contributed by atoms with van der Waals surface area (Å²) in [5, 5.41) is 18.8. The van der Waals surface area contributed by atoms with Gasteiger partial charge < -0.3 is 10.2 Å². The largest absolute Gasteiger partial charge is 0.507 e. The maximum Gasteiger partial charge on any atom is 0.339 e. The van der Waals surface area contributed by atoms with Gasteiger partial charge in [-0.1, -0.05) is 83.3 Å². The number of para-hydroxylation sites is 1. The van der Waals surface area contributed by atoms with Crippen LogP contribution in [-0.2, 0) is 9.63 Å². The topological polar surface area (TPSA) is 87.1 Å². The Labute approximate surface area is 174 Å². The van der Waals surface area contributed by atoms with Crippen molar-refractivity contribution in [3.8, 4) is 5.75 Å². The lowest BCUT2D eigenvalue weighted by Crippen LogP contribution is -2.43. The minimum absolute atomic E-state index is 0.0671. The van der Waals surface area contributed by atoms with Gasteiger partial charge in [0.1, 0.15) is 11.3 Å². The average molecular weight is 408 g/mol. The second kappa shape index (κ2) is 15.8. The third-order valence-electron chi connectivity index (χ3n) is 4.95. The lowest BCUT2D eigenvalue weighted by Gasteiger charge is -2.29. The zero-order valence-electron chi connectivity index (χ0n) is 17.8. The van der Waals surface area contributed by atoms with E-state index < -0.39 is 5.97 Å². The molecule has 0 aliphatic carbocycles. The molecular weight excluding hydrogens is 370 g/mol. The molecule has 2 rings (SSSR count). The lowest BCUT2D eigenvalue weighted by molar-refractivity contribution is -0.239. The first-order valence-corrected chi connectivity index (χ1v) is 11.0. The first kappa shape index (κ1) is 25.0. The van der Waals surface area contributed by atoms with Crippen molar-refractivity contribution in [3.63, 3.8) is 0 Å². The van der Waals surface area contributed by atoms with Gasteiger partial charge in [0.2, 0.25) is 5.91 Å². The van der Waals surface area contributed by atoms with Crippen LogP contribution in [0.2, 0.25) is 0 Å². The molecule has 6 heteroatoms. The van der Waals surface area contributed by atoms with Crippen molar-refractivity contribution in [1.82, 2.24) is 5.06 Å². The molecule has 29 heavy (non-hydrogen) atoms. The van der Waals surface area contributed by atoms with E-state index in [1.165, 1.54) is 81.4 Å². The van der Waals surface area contributed by atoms with Gasteiger partial charge in [0.05, 0.1) is 13.2 Å². The van der Waals surface area contributed by atoms with Crippen molar-refractivity contribution >= 4 is 11.9 Å². The van der Waals surface area contributed by atoms with Crippen LogP contribution in [0.15, 0.2) is 24.3 Å². The predicted octanol–water partition coefficient (Wildman–Crippen LogP) is 5.55. The third kappa shape index (κ3) is 11.5. The highest BCUT2D eigenvalue weighted by molar-refractivity contribution is 5.90. The van der Waals surface area contributed by atoms with Crippen LogP contribution in [0.4, 0.5) is 0 Å². The van der Waals surface area contributed by atoms with E-state index in [4.69, 9.17) is 15.1 Å². The van der Waals surface area contributed by atoms with Crippen molar-refractivity contribution in [2.45, 2.75) is 84.0 Å². The molecule has 0 radical (unpaired) electrons. The Bertz CT molecular complexity index is 586. The van der Waals surface area contributed by atoms with E-state index in [9.17, 15) is 9.59 Å². The highest BCUT2D eigenvalue weighted by Gasteiger charge is 2.20. The van der Waals surface area contributed by atoms with Crippen LogP contribution in [-0.4, -0.2) is 40.3 Å². The van der Waals surface area contributed by atoms with E-state index in [1.807, 2.05) is 0 Å². The molecule has 0 spiro atoms. The number of aromatic hydroxyl groups is 1. The molecule has 0 unspecified atom stereocenters. The summed E-state index contributed by atoms with van der Waals surface area (Å²) in [7, 11) is 0. The van der Waals surface area contributed by atoms with Crippen LogP contribution in [0.25, 0.3) is 0 Å². The van der Waals surface area contributed by atoms with Gasteiger partial charge in [-0.3, -0.25) is 9.63 Å². The monoisotopic (exact) mass is 407 g/mol. The Balaban J connectivity index is 0.000000352. The number of carbonyl (C=O) groups excluding carboxylic acids is 1. The summed E-state index contributed by atoms with van der Waals surface area (Å²) in [4.78, 5) is 26.8. The number of benzene rings is 1. The summed E-state index contributed by atoms with van der Waals surface area (Å²) in [5.41, 5.74) is -0.0671. The van der Waals surface area contributed by atoms with Crippen molar-refractivity contribution in [3.05, 3.63) is 29.8 Å². The number of phenols is 1. The highest BCUT2D eigenvalue weighted by atomic mass is 16.7. The van der Waals surface area contributed by atoms with E-state index in [0.29, 0.717) is 13.0 Å². The molecule has 0 bridgehead atoms. The predicted molar refractivity (Wildman–Crippen MR) is 114 cm³/mol. The first-order chi connectivity index (χ1) is 14.1. The van der Waals surface area contributed by atoms with Crippen LogP contribution in [0.1, 0.15) is 94.3 Å². The minimum atomic E-state index is -1.11. The fourth-order valence-corrected chi connectivity index (χ4v) is 3.10. The normalized spacial score (nSPS) is 12.7. The fraction of sp³-hybridized carbons (Fsp3) is 0.652. The quantitative estimate of drug-likeness (QED) is 0.419. The first-order valence-electron chi connectivity index (χ1n) is 11.0. The smallest absolute Gasteiger partial charge is 0.339 e. The summed E-state index contributed by atoms with van der Waals surface area (Å²) >= 11 is 0. The molecule has 1 aromatic rings. The number of aromatic carboxylic acids is 1. The molecule has 1 amide bonds. The molecule has 1 aliphatic rings. The maximum absolute atomic E-state index is 11.5. The van der Waals surface area contributed by atoms with Gasteiger partial charge in [0.25, 0.3) is 0 Å². The molecule has 164 valence electrons. The van der Waals surface area contributed by atoms with E-state index in [2.05, 4.69) is 6.92 Å². The molecule has 1 fully saturated rings. The summed E-state index contributed by atoms with van der Waals surface area (Å²) in [5.74, 6) is -1.14. The molecule has 6 nitrogen and oxygen atoms in total. The second-order valence-electron chi connectivity index (χ2n) is 7.44. The van der Waals surface area contributed by atoms with Gasteiger partial charge in [-0.05, 0) is 18.6 Å². The van der Waals surface area contributed by atoms with Crippen LogP contribution >= 0.6 is 0 Å². The van der Waals surface area contributed by atoms with Crippen molar-refractivity contribution in [2.24, 2.45) is 0 Å². The summed E-state index contributed by atoms with van der Waals surface area (Å²) in [6, 6.07) is 5.81. The number of rotatable bonds is 13. The van der Waals surface area contributed by atoms with Crippen molar-refractivity contribution < 1.29 is 24.6 Å². The summed E-state index contributed by atoms with van der Waals surface area (Å²) in [6.07, 6.45) is 15.2. The second-order valence-corrected chi connectivity index (χ2v) is 7.44. The average Bonchev–Trinajstić information content (AvgIpc) is 2.65. The number of hydroxylamine groups is 2. The van der Waals surface area contributed by atoms with Gasteiger partial charge in [-0.25, -0.2) is 9.86 Å². The van der Waals surface area contributed by atoms with Crippen molar-refractivity contribution in [1.29, 1.82) is 0 Å². The van der Waals surface area contributed by atoms with E-state index >= 15 is 0 Å². The van der Waals surface area contributed by atoms with Gasteiger partial charge in [-0.2, -0.15) is 0 Å². The van der Waals surface area contributed by atoms with Gasteiger partial charge >= 0.3 is 5.97 Å². The van der Waals surface area contributed by atoms with Gasteiger partial charge in [0, 0.05) is 6.42 Å². The summed E-state index contributed by atoms with van der Waals surface area (Å²) < 4.78 is 0. The van der Waals surface area contributed by atoms with E-state index in [1.54, 1.807) is 12.1 Å². The number of amides is 1. The number of carbonyl (C=O) groups is 2. The number of hydrogen-bond acceptors (Lipinski definition) is 4. The third-order valence-corrected chi connectivity index (χ3v) is 4.95. The SMILES string of the molecule is CCCCCCCCCCCCCC(=O)N1CCO1.O=C(O)c1ccccc1O. The van der Waals surface area contributed by atoms with Crippen LogP contribution in [0, 0.1) is 0 Å². The van der Waals surface area contributed by atoms with E-state index in [0.717, 1.165) is 13.0 Å². The Hall–Kier alpha value is -2.08. The Morgan fingerprint density at radius 1 is 0.931 bits per heavy atom. The lowest BCUT2D eigenvalue weighted by atomic mass is 10.1. The molecule has 1 saturated heterocycles. The standard InChI is InChI=1S/C16H31NO2.C7H6O3/c1-2-3-4-5-6-7-8-9-10-11-12-13-16(18)17-14-15-19-17;8-6-4-2-1-3-5(6)7(9)10/h2-15H2,1H3;1-4,8H,(H,9,10). The molecule has 1 aliphatic heterocycles. The Morgan fingerprint density at radius 2 is 1.45 bits per heavy atom. The van der Waals surface area contributed by atoms with Crippen LogP contribution in [0.3, 0.4) is 0 Å². The number of carboxylic acids is 1. The number of carboxylic acid groups (broad SMARTS) is 1. The number of nitrogens with zero attached hydrogens (tertiary/aromatic N) is 1. The minimum Gasteiger partial charge on any atom is -0.507 e. The van der Waals surface area contributed by atoms with Gasteiger partial charge in [0.15, 0.2) is 0 Å².